The van der Waals surface area contributed by atoms with Crippen molar-refractivity contribution < 1.29 is 14.6 Å². The van der Waals surface area contributed by atoms with Crippen molar-refractivity contribution in [1.82, 2.24) is 5.32 Å². The molecule has 0 bridgehead atoms. The van der Waals surface area contributed by atoms with Gasteiger partial charge in [0, 0.05) is 13.1 Å². The van der Waals surface area contributed by atoms with E-state index >= 15 is 0 Å². The Balaban J connectivity index is 1.84. The first kappa shape index (κ1) is 18.2. The van der Waals surface area contributed by atoms with Gasteiger partial charge >= 0.3 is 5.97 Å². The first-order valence-electron chi connectivity index (χ1n) is 8.08. The van der Waals surface area contributed by atoms with Crippen molar-refractivity contribution in [2.45, 2.75) is 46.1 Å². The zero-order valence-corrected chi connectivity index (χ0v) is 14.5. The average molecular weight is 327 g/mol. The maximum Gasteiger partial charge on any atom is 0.335 e. The van der Waals surface area contributed by atoms with Gasteiger partial charge in [-0.1, -0.05) is 36.4 Å². The van der Waals surface area contributed by atoms with E-state index in [-0.39, 0.29) is 5.60 Å². The van der Waals surface area contributed by atoms with Gasteiger partial charge in [-0.2, -0.15) is 0 Å². The molecule has 0 atom stereocenters. The van der Waals surface area contributed by atoms with Crippen LogP contribution in [0.4, 0.5) is 0 Å². The molecular weight excluding hydrogens is 302 g/mol. The van der Waals surface area contributed by atoms with Crippen LogP contribution in [-0.4, -0.2) is 16.7 Å². The Hall–Kier alpha value is -2.17. The van der Waals surface area contributed by atoms with Crippen molar-refractivity contribution in [3.8, 4) is 0 Å². The van der Waals surface area contributed by atoms with E-state index in [4.69, 9.17) is 9.84 Å². The van der Waals surface area contributed by atoms with Gasteiger partial charge in [-0.15, -0.1) is 0 Å². The van der Waals surface area contributed by atoms with Gasteiger partial charge in [-0.25, -0.2) is 4.79 Å². The molecule has 4 heteroatoms. The molecule has 0 saturated heterocycles. The minimum atomic E-state index is -0.899. The van der Waals surface area contributed by atoms with Gasteiger partial charge in [0.25, 0.3) is 0 Å². The quantitative estimate of drug-likeness (QED) is 0.807. The van der Waals surface area contributed by atoms with E-state index in [1.165, 1.54) is 5.56 Å². The summed E-state index contributed by atoms with van der Waals surface area (Å²) in [6.45, 7) is 8.21. The molecular formula is C20H25NO3. The lowest BCUT2D eigenvalue weighted by Gasteiger charge is -2.19. The van der Waals surface area contributed by atoms with E-state index in [0.717, 1.165) is 17.7 Å². The highest BCUT2D eigenvalue weighted by atomic mass is 16.5. The van der Waals surface area contributed by atoms with E-state index in [1.54, 1.807) is 12.1 Å². The molecule has 0 spiro atoms. The maximum atomic E-state index is 10.8. The standard InChI is InChI=1S/C20H25NO3/c1-20(2,3)24-14-17-6-4-5-16(11-17)13-21-12-15-7-9-18(10-8-15)19(22)23/h4-11,21H,12-14H2,1-3H3,(H,22,23). The molecule has 0 aromatic heterocycles. The van der Waals surface area contributed by atoms with Crippen molar-refractivity contribution >= 4 is 5.97 Å². The third-order valence-corrected chi connectivity index (χ3v) is 3.52. The number of aromatic carboxylic acids is 1. The Morgan fingerprint density at radius 1 is 1.00 bits per heavy atom. The number of benzene rings is 2. The summed E-state index contributed by atoms with van der Waals surface area (Å²) >= 11 is 0. The molecule has 0 aliphatic heterocycles. The summed E-state index contributed by atoms with van der Waals surface area (Å²) in [6.07, 6.45) is 0. The molecule has 4 nitrogen and oxygen atoms in total. The van der Waals surface area contributed by atoms with Gasteiger partial charge in [0.05, 0.1) is 17.8 Å². The number of hydrogen-bond donors (Lipinski definition) is 2. The summed E-state index contributed by atoms with van der Waals surface area (Å²) in [4.78, 5) is 10.8. The van der Waals surface area contributed by atoms with E-state index < -0.39 is 5.97 Å². The molecule has 2 rings (SSSR count). The lowest BCUT2D eigenvalue weighted by Crippen LogP contribution is -2.18. The van der Waals surface area contributed by atoms with Gasteiger partial charge in [0.1, 0.15) is 0 Å². The number of carboxylic acid groups (broad SMARTS) is 1. The molecule has 2 aromatic carbocycles. The molecule has 0 heterocycles. The van der Waals surface area contributed by atoms with Crippen LogP contribution in [0.15, 0.2) is 48.5 Å². The summed E-state index contributed by atoms with van der Waals surface area (Å²) < 4.78 is 5.81. The largest absolute Gasteiger partial charge is 0.478 e. The second-order valence-corrected chi connectivity index (χ2v) is 6.83. The molecule has 24 heavy (non-hydrogen) atoms. The van der Waals surface area contributed by atoms with Crippen LogP contribution in [0.2, 0.25) is 0 Å². The lowest BCUT2D eigenvalue weighted by atomic mass is 10.1. The molecule has 0 fully saturated rings. The predicted molar refractivity (Wildman–Crippen MR) is 94.9 cm³/mol. The minimum absolute atomic E-state index is 0.142. The summed E-state index contributed by atoms with van der Waals surface area (Å²) in [5, 5.41) is 12.3. The van der Waals surface area contributed by atoms with Crippen molar-refractivity contribution in [1.29, 1.82) is 0 Å². The Kier molecular flexibility index (Phi) is 6.12. The topological polar surface area (TPSA) is 58.6 Å². The highest BCUT2D eigenvalue weighted by molar-refractivity contribution is 5.87. The van der Waals surface area contributed by atoms with Crippen LogP contribution in [0, 0.1) is 0 Å². The molecule has 0 unspecified atom stereocenters. The molecule has 0 amide bonds. The van der Waals surface area contributed by atoms with E-state index in [2.05, 4.69) is 23.5 Å². The number of carbonyl (C=O) groups is 1. The third-order valence-electron chi connectivity index (χ3n) is 3.52. The number of nitrogens with one attached hydrogen (secondary N) is 1. The zero-order chi connectivity index (χ0) is 17.6. The number of carboxylic acids is 1. The van der Waals surface area contributed by atoms with Gasteiger partial charge in [-0.05, 0) is 49.6 Å². The van der Waals surface area contributed by atoms with E-state index in [0.29, 0.717) is 18.7 Å². The SMILES string of the molecule is CC(C)(C)OCc1cccc(CNCc2ccc(C(=O)O)cc2)c1. The van der Waals surface area contributed by atoms with Crippen LogP contribution in [-0.2, 0) is 24.4 Å². The lowest BCUT2D eigenvalue weighted by molar-refractivity contribution is -0.0149. The van der Waals surface area contributed by atoms with Crippen LogP contribution < -0.4 is 5.32 Å². The first-order chi connectivity index (χ1) is 11.3. The second kappa shape index (κ2) is 8.08. The average Bonchev–Trinajstić information content (AvgIpc) is 2.53. The smallest absolute Gasteiger partial charge is 0.335 e. The summed E-state index contributed by atoms with van der Waals surface area (Å²) in [5.41, 5.74) is 3.59. The van der Waals surface area contributed by atoms with Crippen LogP contribution in [0.25, 0.3) is 0 Å². The fourth-order valence-corrected chi connectivity index (χ4v) is 2.25. The minimum Gasteiger partial charge on any atom is -0.478 e. The summed E-state index contributed by atoms with van der Waals surface area (Å²) in [6, 6.07) is 15.3. The van der Waals surface area contributed by atoms with Crippen LogP contribution in [0.1, 0.15) is 47.8 Å². The normalized spacial score (nSPS) is 11.5. The Morgan fingerprint density at radius 2 is 1.62 bits per heavy atom. The molecule has 0 aliphatic rings. The Morgan fingerprint density at radius 3 is 2.25 bits per heavy atom. The van der Waals surface area contributed by atoms with Crippen LogP contribution in [0.5, 0.6) is 0 Å². The van der Waals surface area contributed by atoms with Crippen LogP contribution >= 0.6 is 0 Å². The highest BCUT2D eigenvalue weighted by Crippen LogP contribution is 2.13. The summed E-state index contributed by atoms with van der Waals surface area (Å²) in [7, 11) is 0. The fourth-order valence-electron chi connectivity index (χ4n) is 2.25. The van der Waals surface area contributed by atoms with Crippen molar-refractivity contribution in [3.63, 3.8) is 0 Å². The third kappa shape index (κ3) is 6.14. The molecule has 0 aliphatic carbocycles. The monoisotopic (exact) mass is 327 g/mol. The zero-order valence-electron chi connectivity index (χ0n) is 14.5. The van der Waals surface area contributed by atoms with Crippen LogP contribution in [0.3, 0.4) is 0 Å². The van der Waals surface area contributed by atoms with E-state index in [9.17, 15) is 4.79 Å². The van der Waals surface area contributed by atoms with Crippen molar-refractivity contribution in [2.75, 3.05) is 0 Å². The van der Waals surface area contributed by atoms with Gasteiger partial charge in [-0.3, -0.25) is 0 Å². The van der Waals surface area contributed by atoms with Crippen molar-refractivity contribution in [3.05, 3.63) is 70.8 Å². The second-order valence-electron chi connectivity index (χ2n) is 6.83. The molecule has 0 radical (unpaired) electrons. The predicted octanol–water partition coefficient (Wildman–Crippen LogP) is 3.99. The molecule has 2 N–H and O–H groups in total. The number of rotatable bonds is 7. The first-order valence-corrected chi connectivity index (χ1v) is 8.08. The number of ether oxygens (including phenoxy) is 1. The molecule has 128 valence electrons. The number of hydrogen-bond acceptors (Lipinski definition) is 3. The fraction of sp³-hybridized carbons (Fsp3) is 0.350. The molecule has 2 aromatic rings. The Labute approximate surface area is 143 Å². The van der Waals surface area contributed by atoms with Gasteiger partial charge < -0.3 is 15.2 Å². The summed E-state index contributed by atoms with van der Waals surface area (Å²) in [5.74, 6) is -0.899. The van der Waals surface area contributed by atoms with Gasteiger partial charge in [0.15, 0.2) is 0 Å². The Bertz CT molecular complexity index is 672. The highest BCUT2D eigenvalue weighted by Gasteiger charge is 2.10. The van der Waals surface area contributed by atoms with Gasteiger partial charge in [0.2, 0.25) is 0 Å². The maximum absolute atomic E-state index is 10.8. The molecule has 0 saturated carbocycles. The van der Waals surface area contributed by atoms with E-state index in [1.807, 2.05) is 39.0 Å². The van der Waals surface area contributed by atoms with Crippen molar-refractivity contribution in [2.24, 2.45) is 0 Å².